The van der Waals surface area contributed by atoms with Gasteiger partial charge in [0.2, 0.25) is 0 Å². The first-order chi connectivity index (χ1) is 14.9. The molecular formula is C21H30N2O8S. The van der Waals surface area contributed by atoms with Gasteiger partial charge in [-0.3, -0.25) is 4.18 Å². The lowest BCUT2D eigenvalue weighted by Gasteiger charge is -2.56. The van der Waals surface area contributed by atoms with E-state index in [0.717, 1.165) is 15.6 Å². The van der Waals surface area contributed by atoms with Crippen LogP contribution in [0.15, 0.2) is 29.2 Å². The van der Waals surface area contributed by atoms with E-state index in [2.05, 4.69) is 0 Å². The molecule has 1 saturated carbocycles. The molecule has 2 saturated heterocycles. The second kappa shape index (κ2) is 9.24. The van der Waals surface area contributed by atoms with E-state index in [4.69, 9.17) is 13.7 Å². The molecule has 1 aliphatic carbocycles. The molecule has 1 N–H and O–H groups in total. The maximum atomic E-state index is 12.9. The number of carbonyl (C=O) groups is 2. The Morgan fingerprint density at radius 3 is 1.91 bits per heavy atom. The number of aliphatic hydroxyl groups is 1. The molecule has 2 bridgehead atoms. The van der Waals surface area contributed by atoms with Gasteiger partial charge in [0.25, 0.3) is 10.1 Å². The van der Waals surface area contributed by atoms with E-state index in [-0.39, 0.29) is 4.90 Å². The van der Waals surface area contributed by atoms with Crippen LogP contribution in [0, 0.1) is 6.92 Å². The zero-order valence-electron chi connectivity index (χ0n) is 18.8. The first kappa shape index (κ1) is 24.3. The summed E-state index contributed by atoms with van der Waals surface area (Å²) in [5.41, 5.74) is 0.877. The molecule has 4 rings (SSSR count). The highest BCUT2D eigenvalue weighted by Gasteiger charge is 2.58. The van der Waals surface area contributed by atoms with Crippen LogP contribution in [0.1, 0.15) is 46.1 Å². The van der Waals surface area contributed by atoms with Gasteiger partial charge in [-0.15, -0.1) is 0 Å². The third-order valence-electron chi connectivity index (χ3n) is 5.32. The highest BCUT2D eigenvalue weighted by molar-refractivity contribution is 7.86. The molecule has 3 fully saturated rings. The topological polar surface area (TPSA) is 123 Å². The summed E-state index contributed by atoms with van der Waals surface area (Å²) in [4.78, 5) is 25.6. The number of hydrogen-bond donors (Lipinski definition) is 1. The third-order valence-corrected chi connectivity index (χ3v) is 6.65. The molecule has 11 heteroatoms. The fourth-order valence-corrected chi connectivity index (χ4v) is 5.07. The van der Waals surface area contributed by atoms with Crippen molar-refractivity contribution in [1.82, 2.24) is 10.0 Å². The van der Waals surface area contributed by atoms with Crippen molar-refractivity contribution >= 4 is 22.3 Å². The lowest BCUT2D eigenvalue weighted by Crippen LogP contribution is -2.75. The SMILES string of the molecule is Cc1ccc(S(=O)(=O)OC2C(O)C3CCC2N(C(=O)OC(C)C)N3C(=O)OC(C)C)cc1. The molecule has 4 atom stereocenters. The molecule has 2 aliphatic heterocycles. The first-order valence-electron chi connectivity index (χ1n) is 10.6. The molecule has 0 aromatic heterocycles. The Morgan fingerprint density at radius 1 is 0.938 bits per heavy atom. The van der Waals surface area contributed by atoms with Gasteiger partial charge in [0.05, 0.1) is 29.2 Å². The van der Waals surface area contributed by atoms with Gasteiger partial charge in [0, 0.05) is 0 Å². The number of amides is 2. The van der Waals surface area contributed by atoms with E-state index < -0.39 is 58.8 Å². The first-order valence-corrected chi connectivity index (χ1v) is 12.0. The molecule has 1 aromatic carbocycles. The molecule has 1 aromatic rings. The second-order valence-corrected chi connectivity index (χ2v) is 10.2. The average molecular weight is 471 g/mol. The highest BCUT2D eigenvalue weighted by Crippen LogP contribution is 2.39. The van der Waals surface area contributed by atoms with Crippen molar-refractivity contribution in [2.24, 2.45) is 0 Å². The standard InChI is InChI=1S/C21H30N2O8S/c1-12(2)29-20(25)22-16-10-11-17(23(22)21(26)30-13(3)4)19(18(16)24)31-32(27,28)15-8-6-14(5)7-9-15/h6-9,12-13,16-19,24H,10-11H2,1-5H3. The van der Waals surface area contributed by atoms with Crippen molar-refractivity contribution < 1.29 is 36.8 Å². The average Bonchev–Trinajstić information content (AvgIpc) is 2.69. The van der Waals surface area contributed by atoms with E-state index >= 15 is 0 Å². The zero-order chi connectivity index (χ0) is 23.8. The summed E-state index contributed by atoms with van der Waals surface area (Å²) >= 11 is 0. The Labute approximate surface area is 188 Å². The van der Waals surface area contributed by atoms with E-state index in [1.165, 1.54) is 12.1 Å². The number of aliphatic hydroxyl groups excluding tert-OH is 1. The van der Waals surface area contributed by atoms with Crippen molar-refractivity contribution in [3.63, 3.8) is 0 Å². The second-order valence-electron chi connectivity index (χ2n) is 8.58. The minimum absolute atomic E-state index is 0.0656. The molecule has 3 aliphatic rings. The summed E-state index contributed by atoms with van der Waals surface area (Å²) in [5.74, 6) is 0. The molecule has 10 nitrogen and oxygen atoms in total. The Morgan fingerprint density at radius 2 is 1.41 bits per heavy atom. The Bertz CT molecular complexity index is 947. The molecule has 178 valence electrons. The number of aryl methyl sites for hydroxylation is 1. The van der Waals surface area contributed by atoms with Gasteiger partial charge in [0.15, 0.2) is 0 Å². The van der Waals surface area contributed by atoms with Gasteiger partial charge in [-0.2, -0.15) is 8.42 Å². The maximum absolute atomic E-state index is 12.9. The van der Waals surface area contributed by atoms with Crippen LogP contribution in [0.4, 0.5) is 9.59 Å². The Hall–Kier alpha value is -2.37. The lowest BCUT2D eigenvalue weighted by molar-refractivity contribution is -0.206. The number of nitrogens with zero attached hydrogens (tertiary/aromatic N) is 2. The predicted octanol–water partition coefficient (Wildman–Crippen LogP) is 2.58. The van der Waals surface area contributed by atoms with Crippen LogP contribution >= 0.6 is 0 Å². The number of benzene rings is 1. The lowest BCUT2D eigenvalue weighted by atomic mass is 9.82. The highest BCUT2D eigenvalue weighted by atomic mass is 32.2. The number of fused-ring (bicyclic) bond motifs is 3. The molecule has 2 heterocycles. The van der Waals surface area contributed by atoms with E-state index in [1.807, 2.05) is 6.92 Å². The third kappa shape index (κ3) is 4.84. The van der Waals surface area contributed by atoms with Crippen molar-refractivity contribution in [2.75, 3.05) is 0 Å². The fraction of sp³-hybridized carbons (Fsp3) is 0.619. The molecular weight excluding hydrogens is 440 g/mol. The van der Waals surface area contributed by atoms with Crippen molar-refractivity contribution in [3.8, 4) is 0 Å². The molecule has 32 heavy (non-hydrogen) atoms. The van der Waals surface area contributed by atoms with Crippen molar-refractivity contribution in [3.05, 3.63) is 29.8 Å². The van der Waals surface area contributed by atoms with Gasteiger partial charge in [-0.1, -0.05) is 17.7 Å². The predicted molar refractivity (Wildman–Crippen MR) is 113 cm³/mol. The van der Waals surface area contributed by atoms with Crippen LogP contribution < -0.4 is 0 Å². The van der Waals surface area contributed by atoms with Crippen molar-refractivity contribution in [1.29, 1.82) is 0 Å². The van der Waals surface area contributed by atoms with Gasteiger partial charge in [0.1, 0.15) is 12.2 Å². The van der Waals surface area contributed by atoms with Crippen molar-refractivity contribution in [2.45, 2.75) is 88.9 Å². The number of carbonyl (C=O) groups excluding carboxylic acids is 2. The minimum Gasteiger partial charge on any atom is -0.445 e. The number of hydrogen-bond acceptors (Lipinski definition) is 8. The van der Waals surface area contributed by atoms with Crippen LogP contribution in [0.5, 0.6) is 0 Å². The smallest absolute Gasteiger partial charge is 0.429 e. The summed E-state index contributed by atoms with van der Waals surface area (Å²) < 4.78 is 41.7. The minimum atomic E-state index is -4.23. The van der Waals surface area contributed by atoms with E-state index in [9.17, 15) is 23.1 Å². The Kier molecular flexibility index (Phi) is 7.01. The van der Waals surface area contributed by atoms with Crippen LogP contribution in [0.2, 0.25) is 0 Å². The number of hydrazine groups is 1. The van der Waals surface area contributed by atoms with Gasteiger partial charge >= 0.3 is 12.2 Å². The Balaban J connectivity index is 1.94. The zero-order valence-corrected chi connectivity index (χ0v) is 19.6. The van der Waals surface area contributed by atoms with Gasteiger partial charge < -0.3 is 14.6 Å². The maximum Gasteiger partial charge on any atom is 0.429 e. The normalized spacial score (nSPS) is 25.4. The van der Waals surface area contributed by atoms with Crippen LogP contribution in [-0.4, -0.2) is 72.2 Å². The number of rotatable bonds is 5. The quantitative estimate of drug-likeness (QED) is 0.652. The number of ether oxygens (including phenoxy) is 2. The van der Waals surface area contributed by atoms with Crippen LogP contribution in [0.25, 0.3) is 0 Å². The van der Waals surface area contributed by atoms with E-state index in [1.54, 1.807) is 39.8 Å². The monoisotopic (exact) mass is 470 g/mol. The summed E-state index contributed by atoms with van der Waals surface area (Å²) in [5, 5.41) is 13.0. The summed E-state index contributed by atoms with van der Waals surface area (Å²) in [7, 11) is -4.23. The van der Waals surface area contributed by atoms with Crippen LogP contribution in [0.3, 0.4) is 0 Å². The molecule has 4 unspecified atom stereocenters. The summed E-state index contributed by atoms with van der Waals surface area (Å²) in [6, 6.07) is 4.24. The molecule has 2 amide bonds. The van der Waals surface area contributed by atoms with E-state index in [0.29, 0.717) is 12.8 Å². The fourth-order valence-electron chi connectivity index (χ4n) is 3.96. The van der Waals surface area contributed by atoms with Crippen LogP contribution in [-0.2, 0) is 23.8 Å². The molecule has 0 radical (unpaired) electrons. The largest absolute Gasteiger partial charge is 0.445 e. The molecule has 0 spiro atoms. The van der Waals surface area contributed by atoms with Gasteiger partial charge in [-0.05, 0) is 59.6 Å². The van der Waals surface area contributed by atoms with Gasteiger partial charge in [-0.25, -0.2) is 19.6 Å². The summed E-state index contributed by atoms with van der Waals surface area (Å²) in [6.07, 6.45) is -4.58. The summed E-state index contributed by atoms with van der Waals surface area (Å²) in [6.45, 7) is 8.45.